The number of carboxylic acids is 1. The van der Waals surface area contributed by atoms with Crippen molar-refractivity contribution in [2.45, 2.75) is 12.8 Å². The van der Waals surface area contributed by atoms with E-state index >= 15 is 0 Å². The molecule has 1 aromatic rings. The van der Waals surface area contributed by atoms with Gasteiger partial charge in [-0.25, -0.2) is 0 Å². The maximum absolute atomic E-state index is 10.6. The van der Waals surface area contributed by atoms with Crippen molar-refractivity contribution >= 4 is 40.5 Å². The monoisotopic (exact) mass is 314 g/mol. The van der Waals surface area contributed by atoms with Crippen LogP contribution in [0.4, 0.5) is 11.4 Å². The smallest absolute Gasteiger partial charge is 0.303 e. The van der Waals surface area contributed by atoms with Crippen molar-refractivity contribution in [2.75, 3.05) is 29.6 Å². The molecular formula is C14H16Cl2N2O2. The molecule has 0 amide bonds. The third-order valence-electron chi connectivity index (χ3n) is 3.21. The van der Waals surface area contributed by atoms with Crippen LogP contribution in [0.25, 0.3) is 0 Å². The van der Waals surface area contributed by atoms with Gasteiger partial charge < -0.3 is 14.9 Å². The molecule has 1 aliphatic heterocycles. The Kier molecular flexibility index (Phi) is 4.78. The topological polar surface area (TPSA) is 43.8 Å². The van der Waals surface area contributed by atoms with Gasteiger partial charge in [-0.3, -0.25) is 4.79 Å². The van der Waals surface area contributed by atoms with Crippen molar-refractivity contribution in [3.63, 3.8) is 0 Å². The Bertz CT molecular complexity index is 534. The van der Waals surface area contributed by atoms with Gasteiger partial charge in [-0.05, 0) is 18.6 Å². The van der Waals surface area contributed by atoms with E-state index in [2.05, 4.69) is 16.4 Å². The molecule has 108 valence electrons. The molecule has 6 heteroatoms. The maximum atomic E-state index is 10.6. The summed E-state index contributed by atoms with van der Waals surface area (Å²) in [6.45, 7) is 5.82. The van der Waals surface area contributed by atoms with Crippen molar-refractivity contribution in [1.82, 2.24) is 0 Å². The number of aliphatic carboxylic acids is 1. The van der Waals surface area contributed by atoms with Gasteiger partial charge in [-0.2, -0.15) is 0 Å². The molecule has 1 aromatic carbocycles. The highest BCUT2D eigenvalue weighted by molar-refractivity contribution is 6.42. The van der Waals surface area contributed by atoms with Gasteiger partial charge in [-0.1, -0.05) is 29.3 Å². The second-order valence-electron chi connectivity index (χ2n) is 4.67. The Morgan fingerprint density at radius 1 is 1.30 bits per heavy atom. The van der Waals surface area contributed by atoms with Gasteiger partial charge in [0.25, 0.3) is 0 Å². The number of rotatable bonds is 6. The zero-order valence-electron chi connectivity index (χ0n) is 11.0. The van der Waals surface area contributed by atoms with Crippen LogP contribution in [0.15, 0.2) is 24.8 Å². The molecule has 1 aliphatic rings. The van der Waals surface area contributed by atoms with Gasteiger partial charge >= 0.3 is 5.97 Å². The second-order valence-corrected chi connectivity index (χ2v) is 5.48. The van der Waals surface area contributed by atoms with Crippen LogP contribution < -0.4 is 9.80 Å². The lowest BCUT2D eigenvalue weighted by Gasteiger charge is -2.20. The van der Waals surface area contributed by atoms with Gasteiger partial charge in [0.1, 0.15) is 0 Å². The molecule has 0 saturated carbocycles. The quantitative estimate of drug-likeness (QED) is 0.814. The van der Waals surface area contributed by atoms with Gasteiger partial charge in [0.05, 0.1) is 28.1 Å². The van der Waals surface area contributed by atoms with Crippen LogP contribution in [0.2, 0.25) is 10.0 Å². The molecule has 4 nitrogen and oxygen atoms in total. The lowest BCUT2D eigenvalue weighted by atomic mass is 10.2. The second kappa shape index (κ2) is 6.37. The molecule has 1 N–H and O–H groups in total. The lowest BCUT2D eigenvalue weighted by molar-refractivity contribution is -0.137. The van der Waals surface area contributed by atoms with Crippen molar-refractivity contribution in [3.05, 3.63) is 34.8 Å². The minimum atomic E-state index is -0.776. The van der Waals surface area contributed by atoms with Crippen molar-refractivity contribution < 1.29 is 9.90 Å². The number of anilines is 2. The Morgan fingerprint density at radius 3 is 2.45 bits per heavy atom. The molecule has 0 atom stereocenters. The Hall–Kier alpha value is -1.39. The van der Waals surface area contributed by atoms with E-state index in [9.17, 15) is 4.79 Å². The molecule has 0 saturated heterocycles. The van der Waals surface area contributed by atoms with Crippen LogP contribution >= 0.6 is 23.2 Å². The van der Waals surface area contributed by atoms with Gasteiger partial charge in [0, 0.05) is 19.5 Å². The van der Waals surface area contributed by atoms with Crippen LogP contribution in [0, 0.1) is 0 Å². The minimum Gasteiger partial charge on any atom is -0.481 e. The third-order valence-corrected chi connectivity index (χ3v) is 3.93. The Labute approximate surface area is 128 Å². The maximum Gasteiger partial charge on any atom is 0.303 e. The molecule has 0 fully saturated rings. The first kappa shape index (κ1) is 15.0. The van der Waals surface area contributed by atoms with Crippen molar-refractivity contribution in [2.24, 2.45) is 0 Å². The fourth-order valence-corrected chi connectivity index (χ4v) is 2.63. The Balaban J connectivity index is 2.19. The summed E-state index contributed by atoms with van der Waals surface area (Å²) in [7, 11) is 0. The van der Waals surface area contributed by atoms with Gasteiger partial charge in [0.2, 0.25) is 0 Å². The summed E-state index contributed by atoms with van der Waals surface area (Å²) in [5.41, 5.74) is 2.00. The lowest BCUT2D eigenvalue weighted by Crippen LogP contribution is -2.31. The van der Waals surface area contributed by atoms with Crippen LogP contribution in [-0.2, 0) is 4.79 Å². The molecule has 2 rings (SSSR count). The van der Waals surface area contributed by atoms with Crippen LogP contribution in [0.3, 0.4) is 0 Å². The first-order valence-corrected chi connectivity index (χ1v) is 7.10. The normalized spacial score (nSPS) is 13.5. The minimum absolute atomic E-state index is 0.161. The molecule has 20 heavy (non-hydrogen) atoms. The van der Waals surface area contributed by atoms with E-state index in [1.165, 1.54) is 0 Å². The van der Waals surface area contributed by atoms with E-state index in [-0.39, 0.29) is 6.42 Å². The van der Waals surface area contributed by atoms with Crippen molar-refractivity contribution in [1.29, 1.82) is 0 Å². The first-order valence-electron chi connectivity index (χ1n) is 6.34. The number of halogens is 2. The number of hydrogen-bond donors (Lipinski definition) is 1. The highest BCUT2D eigenvalue weighted by Gasteiger charge is 2.26. The average molecular weight is 315 g/mol. The number of fused-ring (bicyclic) bond motifs is 1. The zero-order valence-corrected chi connectivity index (χ0v) is 12.5. The standard InChI is InChI=1S/C14H16Cl2N2O2/c1-2-5-17-9-18(6-3-4-14(19)20)13-8-11(16)10(15)7-12(13)17/h2,7-8H,1,3-6,9H2,(H,19,20). The first-order chi connectivity index (χ1) is 9.52. The summed E-state index contributed by atoms with van der Waals surface area (Å²) in [6.07, 6.45) is 2.58. The molecule has 0 radical (unpaired) electrons. The molecule has 0 unspecified atom stereocenters. The summed E-state index contributed by atoms with van der Waals surface area (Å²) in [4.78, 5) is 14.8. The van der Waals surface area contributed by atoms with Crippen LogP contribution in [0.5, 0.6) is 0 Å². The molecule has 1 heterocycles. The van der Waals surface area contributed by atoms with Gasteiger partial charge in [-0.15, -0.1) is 6.58 Å². The van der Waals surface area contributed by atoms with E-state index < -0.39 is 5.97 Å². The summed E-state index contributed by atoms with van der Waals surface area (Å²) in [6, 6.07) is 3.68. The average Bonchev–Trinajstić information content (AvgIpc) is 2.69. The van der Waals surface area contributed by atoms with E-state index in [1.54, 1.807) is 0 Å². The molecule has 0 aliphatic carbocycles. The number of nitrogens with zero attached hydrogens (tertiary/aromatic N) is 2. The summed E-state index contributed by atoms with van der Waals surface area (Å²) in [5, 5.41) is 9.75. The summed E-state index contributed by atoms with van der Waals surface area (Å²) < 4.78 is 0. The highest BCUT2D eigenvalue weighted by Crippen LogP contribution is 2.41. The molecule has 0 bridgehead atoms. The van der Waals surface area contributed by atoms with E-state index in [0.717, 1.165) is 11.4 Å². The summed E-state index contributed by atoms with van der Waals surface area (Å²) in [5.74, 6) is -0.776. The van der Waals surface area contributed by atoms with E-state index in [4.69, 9.17) is 28.3 Å². The fraction of sp³-hybridized carbons (Fsp3) is 0.357. The predicted octanol–water partition coefficient (Wildman–Crippen LogP) is 3.63. The van der Waals surface area contributed by atoms with Crippen LogP contribution in [-0.4, -0.2) is 30.8 Å². The zero-order chi connectivity index (χ0) is 14.7. The van der Waals surface area contributed by atoms with Crippen LogP contribution in [0.1, 0.15) is 12.8 Å². The fourth-order valence-electron chi connectivity index (χ4n) is 2.32. The number of carboxylic acid groups (broad SMARTS) is 1. The number of carbonyl (C=O) groups is 1. The third kappa shape index (κ3) is 3.19. The largest absolute Gasteiger partial charge is 0.481 e. The Morgan fingerprint density at radius 2 is 1.90 bits per heavy atom. The summed E-state index contributed by atoms with van der Waals surface area (Å²) >= 11 is 12.1. The van der Waals surface area contributed by atoms with E-state index in [1.807, 2.05) is 18.2 Å². The van der Waals surface area contributed by atoms with Crippen molar-refractivity contribution in [3.8, 4) is 0 Å². The molecular weight excluding hydrogens is 299 g/mol. The number of hydrogen-bond acceptors (Lipinski definition) is 3. The van der Waals surface area contributed by atoms with E-state index in [0.29, 0.717) is 36.2 Å². The van der Waals surface area contributed by atoms with Gasteiger partial charge in [0.15, 0.2) is 0 Å². The highest BCUT2D eigenvalue weighted by atomic mass is 35.5. The SMILES string of the molecule is C=CCN1CN(CCCC(=O)O)c2cc(Cl)c(Cl)cc21. The molecule has 0 spiro atoms. The predicted molar refractivity (Wildman–Crippen MR) is 83.1 cm³/mol. The number of benzene rings is 1. The molecule has 0 aromatic heterocycles.